The van der Waals surface area contributed by atoms with E-state index in [2.05, 4.69) is 27.7 Å². The first-order chi connectivity index (χ1) is 5.74. The van der Waals surface area contributed by atoms with Crippen LogP contribution in [0.2, 0.25) is 0 Å². The molecule has 2 heteroatoms. The first-order valence-electron chi connectivity index (χ1n) is 5.59. The topological polar surface area (TPSA) is 30.0 Å². The summed E-state index contributed by atoms with van der Waals surface area (Å²) in [7, 11) is 0. The molecule has 0 spiro atoms. The molecule has 0 saturated carbocycles. The van der Waals surface area contributed by atoms with Crippen LogP contribution in [-0.2, 0) is 0 Å². The van der Waals surface area contributed by atoms with Gasteiger partial charge in [0, 0.05) is 0 Å². The van der Waals surface area contributed by atoms with Crippen molar-refractivity contribution in [1.82, 2.24) is 0 Å². The van der Waals surface area contributed by atoms with E-state index in [1.54, 1.807) is 0 Å². The zero-order valence-electron chi connectivity index (χ0n) is 9.84. The second-order valence-electron chi connectivity index (χ2n) is 3.83. The molecule has 0 bridgehead atoms. The molecule has 0 aromatic rings. The standard InChI is InChI=1S/C11H26N.H2O/c1-5-9-12(8-4,10-6-2)11-7-3;/h5-11H2,1-4H3;1H2/q+1;/p-1. The maximum absolute atomic E-state index is 2.33. The van der Waals surface area contributed by atoms with Crippen LogP contribution in [0.25, 0.3) is 0 Å². The van der Waals surface area contributed by atoms with Crippen LogP contribution in [0.3, 0.4) is 0 Å². The minimum absolute atomic E-state index is 0. The summed E-state index contributed by atoms with van der Waals surface area (Å²) in [5, 5.41) is 0. The Morgan fingerprint density at radius 1 is 0.692 bits per heavy atom. The molecule has 13 heavy (non-hydrogen) atoms. The van der Waals surface area contributed by atoms with E-state index in [4.69, 9.17) is 0 Å². The van der Waals surface area contributed by atoms with Crippen LogP contribution in [0.5, 0.6) is 0 Å². The van der Waals surface area contributed by atoms with Crippen molar-refractivity contribution in [3.05, 3.63) is 0 Å². The summed E-state index contributed by atoms with van der Waals surface area (Å²) in [6.07, 6.45) is 3.98. The van der Waals surface area contributed by atoms with Crippen LogP contribution in [0.15, 0.2) is 0 Å². The lowest BCUT2D eigenvalue weighted by molar-refractivity contribution is -0.926. The molecule has 0 aliphatic carbocycles. The molecule has 0 radical (unpaired) electrons. The van der Waals surface area contributed by atoms with E-state index in [1.165, 1.54) is 49.9 Å². The number of hydrogen-bond acceptors (Lipinski definition) is 1. The average Bonchev–Trinajstić information content (AvgIpc) is 2.06. The van der Waals surface area contributed by atoms with E-state index >= 15 is 0 Å². The Bertz CT molecular complexity index is 87.2. The van der Waals surface area contributed by atoms with Crippen LogP contribution >= 0.6 is 0 Å². The lowest BCUT2D eigenvalue weighted by Crippen LogP contribution is -2.49. The summed E-state index contributed by atoms with van der Waals surface area (Å²) in [4.78, 5) is 0. The van der Waals surface area contributed by atoms with Gasteiger partial charge in [0.25, 0.3) is 0 Å². The van der Waals surface area contributed by atoms with Gasteiger partial charge in [0.05, 0.1) is 26.2 Å². The number of hydrogen-bond donors (Lipinski definition) is 0. The quantitative estimate of drug-likeness (QED) is 0.566. The van der Waals surface area contributed by atoms with Crippen molar-refractivity contribution in [3.63, 3.8) is 0 Å². The van der Waals surface area contributed by atoms with Crippen molar-refractivity contribution in [3.8, 4) is 0 Å². The molecule has 1 N–H and O–H groups in total. The van der Waals surface area contributed by atoms with Gasteiger partial charge in [-0.15, -0.1) is 0 Å². The third-order valence-electron chi connectivity index (χ3n) is 2.76. The van der Waals surface area contributed by atoms with Crippen LogP contribution < -0.4 is 0 Å². The minimum Gasteiger partial charge on any atom is -0.870 e. The molecule has 0 atom stereocenters. The lowest BCUT2D eigenvalue weighted by atomic mass is 10.2. The molecule has 0 unspecified atom stereocenters. The first-order valence-corrected chi connectivity index (χ1v) is 5.59. The van der Waals surface area contributed by atoms with Gasteiger partial charge in [0.1, 0.15) is 0 Å². The van der Waals surface area contributed by atoms with Gasteiger partial charge in [0.15, 0.2) is 0 Å². The molecule has 0 aromatic carbocycles. The predicted octanol–water partition coefficient (Wildman–Crippen LogP) is 2.88. The van der Waals surface area contributed by atoms with Crippen LogP contribution in [0, 0.1) is 0 Å². The van der Waals surface area contributed by atoms with E-state index < -0.39 is 0 Å². The molecular formula is C11H27NO. The highest BCUT2D eigenvalue weighted by atomic mass is 16.0. The van der Waals surface area contributed by atoms with Gasteiger partial charge in [-0.2, -0.15) is 0 Å². The smallest absolute Gasteiger partial charge is 0.0783 e. The number of quaternary nitrogens is 1. The first kappa shape index (κ1) is 15.4. The minimum atomic E-state index is 0. The largest absolute Gasteiger partial charge is 0.870 e. The van der Waals surface area contributed by atoms with Gasteiger partial charge in [0.2, 0.25) is 0 Å². The molecule has 0 saturated heterocycles. The Labute approximate surface area is 83.8 Å². The highest BCUT2D eigenvalue weighted by Gasteiger charge is 2.21. The summed E-state index contributed by atoms with van der Waals surface area (Å²) >= 11 is 0. The van der Waals surface area contributed by atoms with Crippen molar-refractivity contribution in [2.45, 2.75) is 47.0 Å². The Balaban J connectivity index is 0. The van der Waals surface area contributed by atoms with Crippen molar-refractivity contribution in [2.75, 3.05) is 26.2 Å². The zero-order chi connectivity index (χ0) is 9.45. The Morgan fingerprint density at radius 3 is 1.15 bits per heavy atom. The molecule has 0 amide bonds. The fraction of sp³-hybridized carbons (Fsp3) is 1.00. The average molecular weight is 189 g/mol. The molecule has 0 aliphatic rings. The summed E-state index contributed by atoms with van der Waals surface area (Å²) in [6, 6.07) is 0. The molecule has 0 heterocycles. The third kappa shape index (κ3) is 5.27. The third-order valence-corrected chi connectivity index (χ3v) is 2.76. The fourth-order valence-corrected chi connectivity index (χ4v) is 2.23. The van der Waals surface area contributed by atoms with Crippen LogP contribution in [0.1, 0.15) is 47.0 Å². The summed E-state index contributed by atoms with van der Waals surface area (Å²) in [6.45, 7) is 14.7. The molecule has 0 rings (SSSR count). The van der Waals surface area contributed by atoms with Crippen molar-refractivity contribution < 1.29 is 9.96 Å². The molecule has 0 aromatic heterocycles. The highest BCUT2D eigenvalue weighted by Crippen LogP contribution is 2.10. The summed E-state index contributed by atoms with van der Waals surface area (Å²) < 4.78 is 1.35. The Hall–Kier alpha value is -0.0800. The second-order valence-corrected chi connectivity index (χ2v) is 3.83. The van der Waals surface area contributed by atoms with Gasteiger partial charge in [-0.3, -0.25) is 0 Å². The highest BCUT2D eigenvalue weighted by molar-refractivity contribution is 4.41. The summed E-state index contributed by atoms with van der Waals surface area (Å²) in [5.41, 5.74) is 0. The molecule has 0 fully saturated rings. The van der Waals surface area contributed by atoms with Gasteiger partial charge in [-0.1, -0.05) is 20.8 Å². The van der Waals surface area contributed by atoms with E-state index in [-0.39, 0.29) is 5.48 Å². The van der Waals surface area contributed by atoms with E-state index in [1.807, 2.05) is 0 Å². The molecule has 2 nitrogen and oxygen atoms in total. The van der Waals surface area contributed by atoms with Crippen LogP contribution in [-0.4, -0.2) is 36.1 Å². The maximum Gasteiger partial charge on any atom is 0.0783 e. The zero-order valence-corrected chi connectivity index (χ0v) is 9.84. The number of rotatable bonds is 7. The van der Waals surface area contributed by atoms with Crippen molar-refractivity contribution in [2.24, 2.45) is 0 Å². The van der Waals surface area contributed by atoms with Gasteiger partial charge in [-0.05, 0) is 26.2 Å². The van der Waals surface area contributed by atoms with Gasteiger partial charge in [-0.25, -0.2) is 0 Å². The summed E-state index contributed by atoms with van der Waals surface area (Å²) in [5.74, 6) is 0. The maximum atomic E-state index is 2.33. The van der Waals surface area contributed by atoms with E-state index in [9.17, 15) is 0 Å². The van der Waals surface area contributed by atoms with Gasteiger partial charge < -0.3 is 9.96 Å². The molecular weight excluding hydrogens is 162 g/mol. The molecule has 0 aliphatic heterocycles. The van der Waals surface area contributed by atoms with E-state index in [0.717, 1.165) is 0 Å². The molecule has 82 valence electrons. The van der Waals surface area contributed by atoms with Crippen molar-refractivity contribution in [1.29, 1.82) is 0 Å². The second kappa shape index (κ2) is 8.52. The van der Waals surface area contributed by atoms with Gasteiger partial charge >= 0.3 is 0 Å². The monoisotopic (exact) mass is 189 g/mol. The van der Waals surface area contributed by atoms with Crippen molar-refractivity contribution >= 4 is 0 Å². The Morgan fingerprint density at radius 2 is 1.00 bits per heavy atom. The Kier molecular flexibility index (Phi) is 10.1. The number of nitrogens with zero attached hydrogens (tertiary/aromatic N) is 1. The van der Waals surface area contributed by atoms with Crippen LogP contribution in [0.4, 0.5) is 0 Å². The fourth-order valence-electron chi connectivity index (χ4n) is 2.23. The van der Waals surface area contributed by atoms with E-state index in [0.29, 0.717) is 0 Å². The normalized spacial score (nSPS) is 11.1. The predicted molar refractivity (Wildman–Crippen MR) is 58.2 cm³/mol. The lowest BCUT2D eigenvalue weighted by Gasteiger charge is -2.37. The SMILES string of the molecule is CCC[N+](CC)(CCC)CCC.[OH-].